The molecule has 2 unspecified atom stereocenters. The summed E-state index contributed by atoms with van der Waals surface area (Å²) in [6.45, 7) is 0.563. The number of para-hydroxylation sites is 1. The number of aromatic amines is 1. The molecule has 2 aromatic heterocycles. The number of likely N-dealkylation sites (N-methyl/N-ethyl adjacent to an activating group) is 1. The van der Waals surface area contributed by atoms with E-state index >= 15 is 0 Å². The first-order chi connectivity index (χ1) is 14.1. The van der Waals surface area contributed by atoms with Crippen LogP contribution in [-0.4, -0.2) is 45.3 Å². The molecular weight excluding hydrogens is 366 g/mol. The lowest BCUT2D eigenvalue weighted by Gasteiger charge is -2.35. The number of pyridine rings is 1. The second kappa shape index (κ2) is 6.84. The number of carbonyl (C=O) groups excluding carboxylic acids is 2. The van der Waals surface area contributed by atoms with Crippen LogP contribution in [-0.2, 0) is 16.0 Å². The van der Waals surface area contributed by atoms with Crippen LogP contribution >= 0.6 is 0 Å². The molecule has 1 N–H and O–H groups in total. The van der Waals surface area contributed by atoms with Gasteiger partial charge in [-0.3, -0.25) is 14.6 Å². The predicted molar refractivity (Wildman–Crippen MR) is 107 cm³/mol. The van der Waals surface area contributed by atoms with Gasteiger partial charge in [0.2, 0.25) is 11.8 Å². The van der Waals surface area contributed by atoms with E-state index in [4.69, 9.17) is 0 Å². The minimum Gasteiger partial charge on any atom is -0.348 e. The molecule has 0 radical (unpaired) electrons. The molecule has 5 rings (SSSR count). The van der Waals surface area contributed by atoms with Crippen LogP contribution in [0.1, 0.15) is 41.0 Å². The number of nitrogens with zero attached hydrogens (tertiary/aromatic N) is 4. The van der Waals surface area contributed by atoms with Crippen LogP contribution in [0.2, 0.25) is 0 Å². The predicted octanol–water partition coefficient (Wildman–Crippen LogP) is 2.43. The summed E-state index contributed by atoms with van der Waals surface area (Å²) in [5.74, 6) is -0.544. The average Bonchev–Trinajstić information content (AvgIpc) is 3.33. The Bertz CT molecular complexity index is 1080. The normalized spacial score (nSPS) is 20.5. The lowest BCUT2D eigenvalue weighted by molar-refractivity contribution is -0.135. The van der Waals surface area contributed by atoms with Crippen molar-refractivity contribution in [2.75, 3.05) is 18.5 Å². The highest BCUT2D eigenvalue weighted by molar-refractivity contribution is 6.06. The minimum absolute atomic E-state index is 0.0357. The summed E-state index contributed by atoms with van der Waals surface area (Å²) >= 11 is 0. The zero-order valence-corrected chi connectivity index (χ0v) is 16.1. The lowest BCUT2D eigenvalue weighted by Crippen LogP contribution is -2.42. The molecule has 2 aliphatic rings. The van der Waals surface area contributed by atoms with Gasteiger partial charge >= 0.3 is 0 Å². The minimum atomic E-state index is -0.450. The maximum atomic E-state index is 13.4. The monoisotopic (exact) mass is 387 g/mol. The number of hydrogen-bond acceptors (Lipinski definition) is 4. The van der Waals surface area contributed by atoms with E-state index in [-0.39, 0.29) is 24.3 Å². The molecule has 1 aromatic carbocycles. The third-order valence-electron chi connectivity index (χ3n) is 5.89. The molecule has 7 nitrogen and oxygen atoms in total. The molecule has 0 bridgehead atoms. The molecule has 29 heavy (non-hydrogen) atoms. The standard InChI is InChI=1S/C22H21N5O2/c1-26-18-8-3-2-6-14(18)15(22(26)29)12-19(28)27-11-9-16-20(25-13-24-16)21(27)17-7-4-5-10-23-17/h2-8,10,13,15,21H,9,11-12H2,1H3,(H,24,25). The van der Waals surface area contributed by atoms with Gasteiger partial charge < -0.3 is 14.8 Å². The molecule has 0 saturated heterocycles. The topological polar surface area (TPSA) is 82.2 Å². The Hall–Kier alpha value is -3.48. The number of nitrogens with one attached hydrogen (secondary N) is 1. The summed E-state index contributed by atoms with van der Waals surface area (Å²) in [4.78, 5) is 41.8. The van der Waals surface area contributed by atoms with Crippen LogP contribution in [0.3, 0.4) is 0 Å². The highest BCUT2D eigenvalue weighted by Gasteiger charge is 2.40. The van der Waals surface area contributed by atoms with E-state index in [9.17, 15) is 9.59 Å². The second-order valence-corrected chi connectivity index (χ2v) is 7.47. The van der Waals surface area contributed by atoms with Crippen LogP contribution in [0.15, 0.2) is 55.0 Å². The number of carbonyl (C=O) groups is 2. The Balaban J connectivity index is 1.47. The first-order valence-corrected chi connectivity index (χ1v) is 9.74. The van der Waals surface area contributed by atoms with Gasteiger partial charge in [-0.15, -0.1) is 0 Å². The van der Waals surface area contributed by atoms with Crippen molar-refractivity contribution in [2.45, 2.75) is 24.8 Å². The van der Waals surface area contributed by atoms with Crippen LogP contribution in [0, 0.1) is 0 Å². The van der Waals surface area contributed by atoms with E-state index in [1.165, 1.54) is 0 Å². The van der Waals surface area contributed by atoms with Gasteiger partial charge in [0.05, 0.1) is 23.6 Å². The highest BCUT2D eigenvalue weighted by atomic mass is 16.2. The Morgan fingerprint density at radius 1 is 1.17 bits per heavy atom. The highest BCUT2D eigenvalue weighted by Crippen LogP contribution is 2.40. The first-order valence-electron chi connectivity index (χ1n) is 9.74. The summed E-state index contributed by atoms with van der Waals surface area (Å²) in [5.41, 5.74) is 4.44. The molecular formula is C22H21N5O2. The SMILES string of the molecule is CN1C(=O)C(CC(=O)N2CCc3[nH]cnc3C2c2ccccn2)c2ccccc21. The fraction of sp³-hybridized carbons (Fsp3) is 0.273. The fourth-order valence-corrected chi connectivity index (χ4v) is 4.44. The van der Waals surface area contributed by atoms with Crippen molar-refractivity contribution in [3.63, 3.8) is 0 Å². The summed E-state index contributed by atoms with van der Waals surface area (Å²) in [7, 11) is 1.76. The van der Waals surface area contributed by atoms with Gasteiger partial charge in [-0.25, -0.2) is 4.98 Å². The number of imidazole rings is 1. The Labute approximate surface area is 168 Å². The summed E-state index contributed by atoms with van der Waals surface area (Å²) < 4.78 is 0. The Morgan fingerprint density at radius 2 is 2.00 bits per heavy atom. The average molecular weight is 387 g/mol. The molecule has 0 spiro atoms. The number of fused-ring (bicyclic) bond motifs is 2. The molecule has 3 aromatic rings. The van der Waals surface area contributed by atoms with E-state index in [1.54, 1.807) is 24.5 Å². The van der Waals surface area contributed by atoms with Crippen molar-refractivity contribution in [1.29, 1.82) is 0 Å². The van der Waals surface area contributed by atoms with Crippen LogP contribution in [0.25, 0.3) is 0 Å². The number of aromatic nitrogens is 3. The molecule has 2 aliphatic heterocycles. The molecule has 146 valence electrons. The van der Waals surface area contributed by atoms with Crippen LogP contribution in [0.5, 0.6) is 0 Å². The molecule has 2 amide bonds. The van der Waals surface area contributed by atoms with Crippen LogP contribution < -0.4 is 4.90 Å². The molecule has 0 aliphatic carbocycles. The van der Waals surface area contributed by atoms with Crippen molar-refractivity contribution in [3.05, 3.63) is 77.6 Å². The quantitative estimate of drug-likeness (QED) is 0.748. The third kappa shape index (κ3) is 2.81. The van der Waals surface area contributed by atoms with Gasteiger partial charge in [0.25, 0.3) is 0 Å². The second-order valence-electron chi connectivity index (χ2n) is 7.47. The number of benzene rings is 1. The van der Waals surface area contributed by atoms with Crippen molar-refractivity contribution >= 4 is 17.5 Å². The van der Waals surface area contributed by atoms with Gasteiger partial charge in [-0.1, -0.05) is 24.3 Å². The molecule has 4 heterocycles. The van der Waals surface area contributed by atoms with E-state index in [0.717, 1.165) is 28.3 Å². The number of hydrogen-bond donors (Lipinski definition) is 1. The fourth-order valence-electron chi connectivity index (χ4n) is 4.44. The number of amides is 2. The van der Waals surface area contributed by atoms with E-state index in [1.807, 2.05) is 47.4 Å². The van der Waals surface area contributed by atoms with E-state index < -0.39 is 5.92 Å². The number of H-pyrrole nitrogens is 1. The van der Waals surface area contributed by atoms with Crippen molar-refractivity contribution < 1.29 is 9.59 Å². The van der Waals surface area contributed by atoms with E-state index in [2.05, 4.69) is 15.0 Å². The van der Waals surface area contributed by atoms with Gasteiger partial charge in [-0.2, -0.15) is 0 Å². The van der Waals surface area contributed by atoms with Gasteiger partial charge in [0.15, 0.2) is 0 Å². The Morgan fingerprint density at radius 3 is 2.83 bits per heavy atom. The van der Waals surface area contributed by atoms with Crippen molar-refractivity contribution in [1.82, 2.24) is 19.9 Å². The number of rotatable bonds is 3. The lowest BCUT2D eigenvalue weighted by atomic mass is 9.94. The smallest absolute Gasteiger partial charge is 0.234 e. The van der Waals surface area contributed by atoms with Crippen LogP contribution in [0.4, 0.5) is 5.69 Å². The summed E-state index contributed by atoms with van der Waals surface area (Å²) in [6, 6.07) is 13.0. The summed E-state index contributed by atoms with van der Waals surface area (Å²) in [6.07, 6.45) is 4.24. The van der Waals surface area contributed by atoms with Crippen molar-refractivity contribution in [2.24, 2.45) is 0 Å². The molecule has 7 heteroatoms. The van der Waals surface area contributed by atoms with Gasteiger partial charge in [-0.05, 0) is 23.8 Å². The zero-order chi connectivity index (χ0) is 20.0. The van der Waals surface area contributed by atoms with E-state index in [0.29, 0.717) is 13.0 Å². The summed E-state index contributed by atoms with van der Waals surface area (Å²) in [5, 5.41) is 0. The molecule has 0 saturated carbocycles. The maximum Gasteiger partial charge on any atom is 0.234 e. The molecule has 0 fully saturated rings. The first kappa shape index (κ1) is 17.6. The maximum absolute atomic E-state index is 13.4. The Kier molecular flexibility index (Phi) is 4.16. The largest absolute Gasteiger partial charge is 0.348 e. The van der Waals surface area contributed by atoms with Gasteiger partial charge in [0.1, 0.15) is 6.04 Å². The van der Waals surface area contributed by atoms with Crippen molar-refractivity contribution in [3.8, 4) is 0 Å². The zero-order valence-electron chi connectivity index (χ0n) is 16.1. The van der Waals surface area contributed by atoms with Gasteiger partial charge in [0, 0.05) is 44.0 Å². The number of anilines is 1. The molecule has 2 atom stereocenters. The third-order valence-corrected chi connectivity index (χ3v) is 5.89.